The van der Waals surface area contributed by atoms with E-state index in [-0.39, 0.29) is 11.2 Å². The third-order valence-electron chi connectivity index (χ3n) is 26.9. The number of aryl methyl sites for hydroxylation is 6. The first kappa shape index (κ1) is 91.6. The normalized spacial score (nSPS) is 11.7. The highest BCUT2D eigenvalue weighted by Crippen LogP contribution is 2.56. The van der Waals surface area contributed by atoms with Gasteiger partial charge in [0.05, 0.1) is 23.0 Å². The molecule has 5 aromatic heterocycles. The fourth-order valence-electron chi connectivity index (χ4n) is 20.1. The maximum atomic E-state index is 12.0. The molecule has 8 heteroatoms. The monoisotopic (exact) mass is 1840 g/mol. The lowest BCUT2D eigenvalue weighted by molar-refractivity contribution is 0.104. The second kappa shape index (κ2) is 41.4. The molecule has 0 spiro atoms. The van der Waals surface area contributed by atoms with E-state index in [9.17, 15) is 4.79 Å². The van der Waals surface area contributed by atoms with E-state index in [2.05, 4.69) is 401 Å². The average Bonchev–Trinajstić information content (AvgIpc) is 1.54. The molecular formula is C133H105N5O2S. The van der Waals surface area contributed by atoms with E-state index in [1.54, 1.807) is 0 Å². The molecule has 19 aromatic carbocycles. The van der Waals surface area contributed by atoms with Crippen molar-refractivity contribution in [2.24, 2.45) is 7.05 Å². The third-order valence-corrected chi connectivity index (χ3v) is 28.1. The molecule has 3 aliphatic carbocycles. The predicted octanol–water partition coefficient (Wildman–Crippen LogP) is 34.6. The lowest BCUT2D eigenvalue weighted by atomic mass is 9.67. The number of hydrogen-bond acceptors (Lipinski definition) is 7. The van der Waals surface area contributed by atoms with Crippen molar-refractivity contribution in [1.29, 1.82) is 0 Å². The minimum atomic E-state index is -0.263. The van der Waals surface area contributed by atoms with Gasteiger partial charge in [0.1, 0.15) is 16.9 Å². The van der Waals surface area contributed by atoms with E-state index in [0.717, 1.165) is 107 Å². The molecule has 7 nitrogen and oxygen atoms in total. The van der Waals surface area contributed by atoms with Crippen molar-refractivity contribution >= 4 is 81.0 Å². The van der Waals surface area contributed by atoms with E-state index in [1.165, 1.54) is 136 Å². The number of ketones is 1. The van der Waals surface area contributed by atoms with Crippen LogP contribution in [0.1, 0.15) is 88.2 Å². The molecule has 0 fully saturated rings. The number of nitrogens with zero attached hydrogens (tertiary/aromatic N) is 5. The standard InChI is InChI=1S/C26H20.C23H18N2.C17H14N2.C14H10O.C14H12.C13H11N.C13H10O.C13H10S/c1-19-16-17-23-22-14-8-9-15-24(22)26(25(23)18-19,20-10-4-2-5-11-20)21-12-6-3-7-13-21;1-17-21(18-11-5-2-6-12-18)23(20-15-9-4-10-16-20)25-24-22(17)19-13-7-3-8-14-19;1-13-16(14-8-4-2-5-9-14)12-18-19-17(13)15-10-6-3-7-11-15;1-9-6-7-11-10-4-2-3-5-12(10)14(15)13(11)8-9;1-10-6-7-14-12(8-10)9-11-4-2-3-5-13(11)14;1-14-12-8-4-2-6-10(12)11-7-3-5-9-13(11)14;2*1-9-6-7-13-11(8-9)10-4-2-3-5-12(10)14-13/h2-18H,1H3;2-16H,1H3;2-12H,1H3;2-8H,1H3;2-8H,9H2,1H3;2-9H,1H3;2*2-8H,1H3. The molecule has 5 heterocycles. The molecule has 27 rings (SSSR count). The summed E-state index contributed by atoms with van der Waals surface area (Å²) in [5.74, 6) is 0.157. The lowest BCUT2D eigenvalue weighted by Gasteiger charge is -2.34. The van der Waals surface area contributed by atoms with E-state index in [1.807, 2.05) is 170 Å². The number of aromatic nitrogens is 5. The summed E-state index contributed by atoms with van der Waals surface area (Å²) in [6, 6.07) is 165. The number of rotatable bonds is 7. The number of thiophene rings is 1. The Kier molecular flexibility index (Phi) is 26.9. The van der Waals surface area contributed by atoms with Crippen LogP contribution in [0.25, 0.3) is 153 Å². The van der Waals surface area contributed by atoms with Crippen molar-refractivity contribution < 1.29 is 9.21 Å². The summed E-state index contributed by atoms with van der Waals surface area (Å²) >= 11 is 1.87. The van der Waals surface area contributed by atoms with Crippen molar-refractivity contribution in [3.63, 3.8) is 0 Å². The Labute approximate surface area is 828 Å². The number of para-hydroxylation sites is 3. The molecule has 3 aliphatic rings. The van der Waals surface area contributed by atoms with Crippen LogP contribution in [0.15, 0.2) is 484 Å². The second-order valence-corrected chi connectivity index (χ2v) is 37.3. The van der Waals surface area contributed by atoms with E-state index in [0.29, 0.717) is 0 Å². The molecule has 0 bridgehead atoms. The van der Waals surface area contributed by atoms with Gasteiger partial charge in [-0.25, -0.2) is 0 Å². The van der Waals surface area contributed by atoms with Crippen molar-refractivity contribution in [3.05, 3.63) is 563 Å². The quantitative estimate of drug-likeness (QED) is 0.158. The molecule has 0 atom stereocenters. The number of carbonyl (C=O) groups is 1. The molecule has 680 valence electrons. The number of carbonyl (C=O) groups excluding carboxylic acids is 1. The number of fused-ring (bicyclic) bond motifs is 18. The lowest BCUT2D eigenvalue weighted by Crippen LogP contribution is -2.28. The highest BCUT2D eigenvalue weighted by atomic mass is 32.1. The Morgan fingerprint density at radius 1 is 0.270 bits per heavy atom. The van der Waals surface area contributed by atoms with Crippen LogP contribution in [0.4, 0.5) is 0 Å². The smallest absolute Gasteiger partial charge is 0.194 e. The summed E-state index contributed by atoms with van der Waals surface area (Å²) in [5.41, 5.74) is 41.3. The maximum absolute atomic E-state index is 12.0. The largest absolute Gasteiger partial charge is 0.456 e. The second-order valence-electron chi connectivity index (χ2n) is 36.2. The van der Waals surface area contributed by atoms with Gasteiger partial charge >= 0.3 is 0 Å². The van der Waals surface area contributed by atoms with Crippen molar-refractivity contribution in [3.8, 4) is 89.4 Å². The molecule has 0 aliphatic heterocycles. The first-order valence-corrected chi connectivity index (χ1v) is 48.9. The highest BCUT2D eigenvalue weighted by Gasteiger charge is 2.46. The number of furan rings is 1. The van der Waals surface area contributed by atoms with Crippen LogP contribution in [-0.4, -0.2) is 30.7 Å². The number of hydrogen-bond donors (Lipinski definition) is 0. The summed E-state index contributed by atoms with van der Waals surface area (Å²) in [5, 5.41) is 25.5. The Hall–Kier alpha value is -17.2. The Balaban J connectivity index is 0.000000100. The van der Waals surface area contributed by atoms with Crippen LogP contribution in [0.3, 0.4) is 0 Å². The summed E-state index contributed by atoms with van der Waals surface area (Å²) in [4.78, 5) is 12.0. The molecule has 0 saturated heterocycles. The van der Waals surface area contributed by atoms with Crippen LogP contribution < -0.4 is 0 Å². The minimum Gasteiger partial charge on any atom is -0.456 e. The number of benzene rings is 19. The van der Waals surface area contributed by atoms with Gasteiger partial charge in [-0.2, -0.15) is 10.2 Å². The zero-order valence-corrected chi connectivity index (χ0v) is 81.1. The molecule has 24 aromatic rings. The molecule has 0 unspecified atom stereocenters. The van der Waals surface area contributed by atoms with Crippen LogP contribution in [0, 0.1) is 48.5 Å². The van der Waals surface area contributed by atoms with Crippen LogP contribution >= 0.6 is 11.3 Å². The topological polar surface area (TPSA) is 86.7 Å². The van der Waals surface area contributed by atoms with Gasteiger partial charge in [0.15, 0.2) is 5.78 Å². The van der Waals surface area contributed by atoms with E-state index < -0.39 is 0 Å². The van der Waals surface area contributed by atoms with E-state index in [4.69, 9.17) is 4.42 Å². The molecule has 0 N–H and O–H groups in total. The molecule has 0 radical (unpaired) electrons. The maximum Gasteiger partial charge on any atom is 0.194 e. The van der Waals surface area contributed by atoms with Crippen LogP contribution in [0.5, 0.6) is 0 Å². The minimum absolute atomic E-state index is 0.157. The highest BCUT2D eigenvalue weighted by molar-refractivity contribution is 7.25. The zero-order chi connectivity index (χ0) is 96.3. The Morgan fingerprint density at radius 2 is 0.674 bits per heavy atom. The first-order chi connectivity index (χ1) is 69.2. The Morgan fingerprint density at radius 3 is 1.30 bits per heavy atom. The summed E-state index contributed by atoms with van der Waals surface area (Å²) in [7, 11) is 2.12. The van der Waals surface area contributed by atoms with Gasteiger partial charge in [-0.1, -0.05) is 446 Å². The fourth-order valence-corrected chi connectivity index (χ4v) is 21.2. The van der Waals surface area contributed by atoms with Gasteiger partial charge in [-0.3, -0.25) is 4.79 Å². The average molecular weight is 1840 g/mol. The third kappa shape index (κ3) is 18.9. The van der Waals surface area contributed by atoms with Crippen LogP contribution in [-0.2, 0) is 18.9 Å². The van der Waals surface area contributed by atoms with Crippen molar-refractivity contribution in [2.75, 3.05) is 0 Å². The zero-order valence-electron chi connectivity index (χ0n) is 80.3. The summed E-state index contributed by atoms with van der Waals surface area (Å²) < 4.78 is 10.7. The molecule has 0 saturated carbocycles. The van der Waals surface area contributed by atoms with E-state index >= 15 is 0 Å². The fraction of sp³-hybridized carbons (Fsp3) is 0.0752. The summed E-state index contributed by atoms with van der Waals surface area (Å²) in [6.07, 6.45) is 2.93. The molecule has 141 heavy (non-hydrogen) atoms. The van der Waals surface area contributed by atoms with Gasteiger partial charge < -0.3 is 8.98 Å². The van der Waals surface area contributed by atoms with Gasteiger partial charge in [0.25, 0.3) is 0 Å². The molecule has 0 amide bonds. The SMILES string of the molecule is Cc1c(-c2ccccc2)cnnc1-c1ccccc1.Cc1c(-c2ccccc2)nnc(-c2ccccc2)c1-c1ccccc1.Cc1ccc2c(c1)C(=O)c1ccccc1-2.Cc1ccc2c(c1)C(c1ccccc1)(c1ccccc1)c1ccccc1-2.Cc1ccc2c(c1)Cc1ccccc1-2.Cc1ccc2oc3ccccc3c2c1.Cc1ccc2sc3ccccc3c2c1.Cn1c2ccccc2c2ccccc21. The van der Waals surface area contributed by atoms with Gasteiger partial charge in [-0.05, 0) is 198 Å². The van der Waals surface area contributed by atoms with Gasteiger partial charge in [-0.15, -0.1) is 21.5 Å². The van der Waals surface area contributed by atoms with Crippen molar-refractivity contribution in [2.45, 2.75) is 60.3 Å². The van der Waals surface area contributed by atoms with Gasteiger partial charge in [0, 0.05) is 98.7 Å². The van der Waals surface area contributed by atoms with Crippen LogP contribution in [0.2, 0.25) is 0 Å². The summed E-state index contributed by atoms with van der Waals surface area (Å²) in [6.45, 7) is 14.8. The first-order valence-electron chi connectivity index (χ1n) is 48.1. The predicted molar refractivity (Wildman–Crippen MR) is 592 cm³/mol. The Bertz CT molecular complexity index is 8350. The van der Waals surface area contributed by atoms with Gasteiger partial charge in [0.2, 0.25) is 0 Å². The van der Waals surface area contributed by atoms with Crippen molar-refractivity contribution in [1.82, 2.24) is 25.0 Å². The molecular weight excluding hydrogens is 1730 g/mol.